The van der Waals surface area contributed by atoms with Gasteiger partial charge in [0, 0.05) is 36.6 Å². The standard InChI is InChI=1S/C22H30N4O2.HI/c1-14-7-9-15(10-8-14)20-25-16(13-28-20)12-24-21(23-4)26-18-17-6-5-11-27-19(17)22(18,2)3;/h7-10,13,17-19H,5-6,11-12H2,1-4H3,(H2,23,24,26);1H. The van der Waals surface area contributed by atoms with Crippen molar-refractivity contribution >= 4 is 29.9 Å². The first-order valence-corrected chi connectivity index (χ1v) is 10.1. The smallest absolute Gasteiger partial charge is 0.226 e. The van der Waals surface area contributed by atoms with E-state index >= 15 is 0 Å². The third-order valence-corrected chi connectivity index (χ3v) is 6.13. The second kappa shape index (κ2) is 9.04. The molecule has 1 saturated carbocycles. The largest absolute Gasteiger partial charge is 0.444 e. The summed E-state index contributed by atoms with van der Waals surface area (Å²) in [5.74, 6) is 1.99. The Morgan fingerprint density at radius 1 is 1.28 bits per heavy atom. The molecule has 6 nitrogen and oxygen atoms in total. The number of oxazole rings is 1. The van der Waals surface area contributed by atoms with Crippen molar-refractivity contribution in [2.24, 2.45) is 16.3 Å². The predicted molar refractivity (Wildman–Crippen MR) is 125 cm³/mol. The lowest BCUT2D eigenvalue weighted by Crippen LogP contribution is -2.71. The maximum atomic E-state index is 6.00. The molecule has 1 aliphatic heterocycles. The molecule has 1 saturated heterocycles. The molecule has 0 amide bonds. The molecule has 3 atom stereocenters. The zero-order valence-electron chi connectivity index (χ0n) is 17.6. The summed E-state index contributed by atoms with van der Waals surface area (Å²) in [6.45, 7) is 8.07. The van der Waals surface area contributed by atoms with E-state index in [9.17, 15) is 0 Å². The van der Waals surface area contributed by atoms with Crippen molar-refractivity contribution in [3.05, 3.63) is 41.8 Å². The Bertz CT molecular complexity index is 847. The van der Waals surface area contributed by atoms with Gasteiger partial charge in [-0.2, -0.15) is 0 Å². The number of hydrogen-bond donors (Lipinski definition) is 2. The van der Waals surface area contributed by atoms with Gasteiger partial charge in [-0.15, -0.1) is 24.0 Å². The maximum absolute atomic E-state index is 6.00. The van der Waals surface area contributed by atoms with Gasteiger partial charge in [0.1, 0.15) is 6.26 Å². The van der Waals surface area contributed by atoms with E-state index in [0.717, 1.165) is 30.2 Å². The molecule has 158 valence electrons. The summed E-state index contributed by atoms with van der Waals surface area (Å²) in [5.41, 5.74) is 3.16. The van der Waals surface area contributed by atoms with Crippen molar-refractivity contribution in [1.82, 2.24) is 15.6 Å². The van der Waals surface area contributed by atoms with Gasteiger partial charge in [-0.1, -0.05) is 31.5 Å². The molecule has 2 N–H and O–H groups in total. The van der Waals surface area contributed by atoms with Crippen molar-refractivity contribution in [3.8, 4) is 11.5 Å². The van der Waals surface area contributed by atoms with Crippen LogP contribution >= 0.6 is 24.0 Å². The van der Waals surface area contributed by atoms with Crippen LogP contribution in [0.1, 0.15) is 37.9 Å². The molecular formula is C22H31IN4O2. The fraction of sp³-hybridized carbons (Fsp3) is 0.545. The number of guanidine groups is 1. The first kappa shape index (κ1) is 22.1. The number of halogens is 1. The molecule has 1 aliphatic carbocycles. The van der Waals surface area contributed by atoms with Gasteiger partial charge in [0.25, 0.3) is 0 Å². The maximum Gasteiger partial charge on any atom is 0.226 e. The Kier molecular flexibility index (Phi) is 6.88. The summed E-state index contributed by atoms with van der Waals surface area (Å²) in [6.07, 6.45) is 4.41. The molecular weight excluding hydrogens is 479 g/mol. The third kappa shape index (κ3) is 4.45. The lowest BCUT2D eigenvalue weighted by Gasteiger charge is -2.60. The van der Waals surface area contributed by atoms with E-state index in [1.165, 1.54) is 12.0 Å². The van der Waals surface area contributed by atoms with E-state index in [2.05, 4.69) is 53.5 Å². The number of benzene rings is 1. The molecule has 4 rings (SSSR count). The molecule has 0 bridgehead atoms. The van der Waals surface area contributed by atoms with E-state index in [-0.39, 0.29) is 29.4 Å². The second-order valence-corrected chi connectivity index (χ2v) is 8.48. The van der Waals surface area contributed by atoms with Crippen LogP contribution in [0.3, 0.4) is 0 Å². The summed E-state index contributed by atoms with van der Waals surface area (Å²) in [5, 5.41) is 6.98. The number of fused-ring (bicyclic) bond motifs is 1. The predicted octanol–water partition coefficient (Wildman–Crippen LogP) is 4.14. The zero-order chi connectivity index (χ0) is 19.7. The molecule has 2 aromatic rings. The van der Waals surface area contributed by atoms with Crippen molar-refractivity contribution in [2.75, 3.05) is 13.7 Å². The molecule has 29 heavy (non-hydrogen) atoms. The molecule has 1 aromatic carbocycles. The second-order valence-electron chi connectivity index (χ2n) is 8.48. The van der Waals surface area contributed by atoms with E-state index in [1.807, 2.05) is 12.1 Å². The minimum absolute atomic E-state index is 0. The summed E-state index contributed by atoms with van der Waals surface area (Å²) in [7, 11) is 1.80. The fourth-order valence-electron chi connectivity index (χ4n) is 4.55. The van der Waals surface area contributed by atoms with Gasteiger partial charge in [-0.25, -0.2) is 4.98 Å². The summed E-state index contributed by atoms with van der Waals surface area (Å²) >= 11 is 0. The van der Waals surface area contributed by atoms with Crippen LogP contribution in [0.4, 0.5) is 0 Å². The topological polar surface area (TPSA) is 71.7 Å². The molecule has 3 unspecified atom stereocenters. The van der Waals surface area contributed by atoms with Crippen LogP contribution in [0.25, 0.3) is 11.5 Å². The van der Waals surface area contributed by atoms with Crippen LogP contribution in [0.15, 0.2) is 39.9 Å². The lowest BCUT2D eigenvalue weighted by atomic mass is 9.55. The van der Waals surface area contributed by atoms with Gasteiger partial charge in [-0.05, 0) is 31.9 Å². The Hall–Kier alpha value is -1.61. The van der Waals surface area contributed by atoms with E-state index in [4.69, 9.17) is 9.15 Å². The Balaban J connectivity index is 0.00000240. The highest BCUT2D eigenvalue weighted by molar-refractivity contribution is 14.0. The van der Waals surface area contributed by atoms with Crippen LogP contribution in [-0.4, -0.2) is 36.7 Å². The van der Waals surface area contributed by atoms with Gasteiger partial charge < -0.3 is 19.8 Å². The normalized spacial score (nSPS) is 25.4. The number of aromatic nitrogens is 1. The average molecular weight is 510 g/mol. The van der Waals surface area contributed by atoms with E-state index in [0.29, 0.717) is 30.5 Å². The van der Waals surface area contributed by atoms with Gasteiger partial charge in [0.2, 0.25) is 5.89 Å². The van der Waals surface area contributed by atoms with Crippen molar-refractivity contribution in [3.63, 3.8) is 0 Å². The number of aryl methyl sites for hydroxylation is 1. The van der Waals surface area contributed by atoms with Crippen LogP contribution in [-0.2, 0) is 11.3 Å². The number of aliphatic imine (C=N–C) groups is 1. The van der Waals surface area contributed by atoms with Crippen LogP contribution in [0, 0.1) is 18.3 Å². The minimum atomic E-state index is 0. The fourth-order valence-corrected chi connectivity index (χ4v) is 4.55. The quantitative estimate of drug-likeness (QED) is 0.368. The highest BCUT2D eigenvalue weighted by Gasteiger charge is 2.58. The molecule has 2 aliphatic rings. The Morgan fingerprint density at radius 2 is 2.03 bits per heavy atom. The monoisotopic (exact) mass is 510 g/mol. The van der Waals surface area contributed by atoms with Crippen molar-refractivity contribution < 1.29 is 9.15 Å². The summed E-state index contributed by atoms with van der Waals surface area (Å²) < 4.78 is 11.6. The van der Waals surface area contributed by atoms with Crippen LogP contribution in [0.2, 0.25) is 0 Å². The first-order valence-electron chi connectivity index (χ1n) is 10.1. The van der Waals surface area contributed by atoms with Crippen LogP contribution in [0.5, 0.6) is 0 Å². The molecule has 0 spiro atoms. The molecule has 1 aromatic heterocycles. The van der Waals surface area contributed by atoms with E-state index in [1.54, 1.807) is 13.3 Å². The number of nitrogens with one attached hydrogen (secondary N) is 2. The summed E-state index contributed by atoms with van der Waals surface area (Å²) in [4.78, 5) is 8.99. The Labute approximate surface area is 189 Å². The lowest BCUT2D eigenvalue weighted by molar-refractivity contribution is -0.188. The van der Waals surface area contributed by atoms with Gasteiger partial charge >= 0.3 is 0 Å². The third-order valence-electron chi connectivity index (χ3n) is 6.13. The number of nitrogens with zero attached hydrogens (tertiary/aromatic N) is 2. The number of hydrogen-bond acceptors (Lipinski definition) is 4. The van der Waals surface area contributed by atoms with Crippen molar-refractivity contribution in [2.45, 2.75) is 52.3 Å². The highest BCUT2D eigenvalue weighted by atomic mass is 127. The Morgan fingerprint density at radius 3 is 2.76 bits per heavy atom. The molecule has 2 heterocycles. The minimum Gasteiger partial charge on any atom is -0.444 e. The molecule has 0 radical (unpaired) electrons. The van der Waals surface area contributed by atoms with Crippen molar-refractivity contribution in [1.29, 1.82) is 0 Å². The molecule has 7 heteroatoms. The average Bonchev–Trinajstić information content (AvgIpc) is 3.17. The summed E-state index contributed by atoms with van der Waals surface area (Å²) in [6, 6.07) is 8.54. The first-order chi connectivity index (χ1) is 13.5. The van der Waals surface area contributed by atoms with Gasteiger partial charge in [0.15, 0.2) is 5.96 Å². The van der Waals surface area contributed by atoms with E-state index < -0.39 is 0 Å². The zero-order valence-corrected chi connectivity index (χ0v) is 19.9. The SMILES string of the molecule is CN=C(NCc1coc(-c2ccc(C)cc2)n1)NC1C2CCCOC2C1(C)C.I. The number of rotatable bonds is 4. The highest BCUT2D eigenvalue weighted by Crippen LogP contribution is 2.51. The van der Waals surface area contributed by atoms with Crippen LogP contribution < -0.4 is 10.6 Å². The number of ether oxygens (including phenoxy) is 1. The molecule has 2 fully saturated rings. The van der Waals surface area contributed by atoms with Gasteiger partial charge in [-0.3, -0.25) is 4.99 Å². The van der Waals surface area contributed by atoms with Gasteiger partial charge in [0.05, 0.1) is 18.3 Å².